The fourth-order valence-corrected chi connectivity index (χ4v) is 1.08. The summed E-state index contributed by atoms with van der Waals surface area (Å²) in [4.78, 5) is 10.9. The molecule has 0 aromatic rings. The zero-order valence-corrected chi connectivity index (χ0v) is 5.39. The van der Waals surface area contributed by atoms with E-state index in [9.17, 15) is 4.79 Å². The van der Waals surface area contributed by atoms with Gasteiger partial charge in [0, 0.05) is 6.42 Å². The van der Waals surface area contributed by atoms with Crippen molar-refractivity contribution in [2.24, 2.45) is 11.5 Å². The molecule has 0 amide bonds. The average Bonchev–Trinajstić information content (AvgIpc) is 1.77. The van der Waals surface area contributed by atoms with Crippen LogP contribution in [-0.4, -0.2) is 11.4 Å². The molecule has 0 bridgehead atoms. The highest BCUT2D eigenvalue weighted by Crippen LogP contribution is 2.17. The predicted octanol–water partition coefficient (Wildman–Crippen LogP) is -0.257. The minimum atomic E-state index is -1.00. The van der Waals surface area contributed by atoms with Crippen molar-refractivity contribution in [1.82, 2.24) is 0 Å². The monoisotopic (exact) mass is 128 g/mol. The van der Waals surface area contributed by atoms with E-state index in [-0.39, 0.29) is 5.78 Å². The Bertz CT molecular complexity index is 131. The molecule has 1 aliphatic rings. The number of ketones is 1. The Morgan fingerprint density at radius 3 is 2.33 bits per heavy atom. The maximum Gasteiger partial charge on any atom is 0.166 e. The zero-order valence-electron chi connectivity index (χ0n) is 5.39. The van der Waals surface area contributed by atoms with Gasteiger partial charge in [-0.05, 0) is 19.3 Å². The fraction of sp³-hybridized carbons (Fsp3) is 0.833. The van der Waals surface area contributed by atoms with Crippen molar-refractivity contribution in [2.75, 3.05) is 0 Å². The summed E-state index contributed by atoms with van der Waals surface area (Å²) >= 11 is 0. The third-order valence-electron chi connectivity index (χ3n) is 1.76. The first-order valence-corrected chi connectivity index (χ1v) is 3.24. The third kappa shape index (κ3) is 1.28. The lowest BCUT2D eigenvalue weighted by Gasteiger charge is -2.26. The summed E-state index contributed by atoms with van der Waals surface area (Å²) in [5, 5.41) is 0. The molecule has 0 heterocycles. The zero-order chi connectivity index (χ0) is 6.91. The van der Waals surface area contributed by atoms with Crippen LogP contribution >= 0.6 is 0 Å². The molecule has 0 atom stereocenters. The minimum absolute atomic E-state index is 0.00810. The molecule has 4 N–H and O–H groups in total. The normalized spacial score (nSPS) is 26.2. The molecule has 1 aliphatic carbocycles. The average molecular weight is 128 g/mol. The van der Waals surface area contributed by atoms with E-state index >= 15 is 0 Å². The lowest BCUT2D eigenvalue weighted by molar-refractivity contribution is -0.125. The van der Waals surface area contributed by atoms with Crippen LogP contribution in [0.15, 0.2) is 0 Å². The highest BCUT2D eigenvalue weighted by molar-refractivity contribution is 5.87. The van der Waals surface area contributed by atoms with Gasteiger partial charge in [0.05, 0.1) is 0 Å². The summed E-state index contributed by atoms with van der Waals surface area (Å²) in [6.45, 7) is 0. The summed E-state index contributed by atoms with van der Waals surface area (Å²) in [6.07, 6.45) is 3.15. The van der Waals surface area contributed by atoms with E-state index in [1.54, 1.807) is 0 Å². The van der Waals surface area contributed by atoms with E-state index in [4.69, 9.17) is 11.5 Å². The Morgan fingerprint density at radius 1 is 1.33 bits per heavy atom. The second-order valence-electron chi connectivity index (χ2n) is 2.67. The number of nitrogens with two attached hydrogens (primary N) is 2. The molecule has 0 radical (unpaired) electrons. The first-order valence-electron chi connectivity index (χ1n) is 3.24. The van der Waals surface area contributed by atoms with Crippen LogP contribution < -0.4 is 11.5 Å². The van der Waals surface area contributed by atoms with E-state index in [1.165, 1.54) is 0 Å². The minimum Gasteiger partial charge on any atom is -0.307 e. The molecule has 3 heteroatoms. The molecule has 1 saturated carbocycles. The van der Waals surface area contributed by atoms with Gasteiger partial charge in [-0.3, -0.25) is 4.79 Å². The Labute approximate surface area is 54.4 Å². The second-order valence-corrected chi connectivity index (χ2v) is 2.67. The Morgan fingerprint density at radius 2 is 2.00 bits per heavy atom. The Balaban J connectivity index is 2.60. The Hall–Kier alpha value is -0.410. The van der Waals surface area contributed by atoms with Gasteiger partial charge in [0.2, 0.25) is 0 Å². The lowest BCUT2D eigenvalue weighted by atomic mass is 9.89. The van der Waals surface area contributed by atoms with Gasteiger partial charge >= 0.3 is 0 Å². The number of Topliss-reactive ketones (excluding diaryl/α,β-unsaturated/α-hetero) is 1. The standard InChI is InChI=1S/C6H12N2O/c7-6(8)4-2-1-3-5(6)9/h1-4,7-8H2. The SMILES string of the molecule is NC1(N)CCCCC1=O. The van der Waals surface area contributed by atoms with E-state index in [1.807, 2.05) is 0 Å². The molecule has 0 unspecified atom stereocenters. The van der Waals surface area contributed by atoms with Gasteiger partial charge in [-0.2, -0.15) is 0 Å². The van der Waals surface area contributed by atoms with Gasteiger partial charge in [-0.25, -0.2) is 0 Å². The smallest absolute Gasteiger partial charge is 0.166 e. The highest BCUT2D eigenvalue weighted by atomic mass is 16.1. The molecular formula is C6H12N2O. The molecule has 1 fully saturated rings. The maximum atomic E-state index is 10.9. The molecule has 1 rings (SSSR count). The number of carbonyl (C=O) groups excluding carboxylic acids is 1. The molecule has 0 aromatic heterocycles. The molecular weight excluding hydrogens is 116 g/mol. The van der Waals surface area contributed by atoms with Crippen LogP contribution in [0.25, 0.3) is 0 Å². The highest BCUT2D eigenvalue weighted by Gasteiger charge is 2.30. The van der Waals surface area contributed by atoms with Gasteiger partial charge in [-0.15, -0.1) is 0 Å². The fourth-order valence-electron chi connectivity index (χ4n) is 1.08. The van der Waals surface area contributed by atoms with Crippen molar-refractivity contribution >= 4 is 5.78 Å². The van der Waals surface area contributed by atoms with Crippen LogP contribution in [-0.2, 0) is 4.79 Å². The number of hydrogen-bond donors (Lipinski definition) is 2. The van der Waals surface area contributed by atoms with Crippen LogP contribution in [0.3, 0.4) is 0 Å². The lowest BCUT2D eigenvalue weighted by Crippen LogP contribution is -2.57. The van der Waals surface area contributed by atoms with Gasteiger partial charge in [0.1, 0.15) is 5.66 Å². The van der Waals surface area contributed by atoms with Crippen LogP contribution in [0.4, 0.5) is 0 Å². The topological polar surface area (TPSA) is 69.1 Å². The Kier molecular flexibility index (Phi) is 1.55. The van der Waals surface area contributed by atoms with Crippen LogP contribution in [0, 0.1) is 0 Å². The van der Waals surface area contributed by atoms with Crippen molar-refractivity contribution in [2.45, 2.75) is 31.3 Å². The van der Waals surface area contributed by atoms with E-state index in [0.29, 0.717) is 12.8 Å². The largest absolute Gasteiger partial charge is 0.307 e. The van der Waals surface area contributed by atoms with Crippen LogP contribution in [0.5, 0.6) is 0 Å². The predicted molar refractivity (Wildman–Crippen MR) is 34.6 cm³/mol. The van der Waals surface area contributed by atoms with Gasteiger partial charge in [0.25, 0.3) is 0 Å². The number of hydrogen-bond acceptors (Lipinski definition) is 3. The van der Waals surface area contributed by atoms with Crippen molar-refractivity contribution < 1.29 is 4.79 Å². The first-order chi connectivity index (χ1) is 4.13. The first kappa shape index (κ1) is 6.71. The van der Waals surface area contributed by atoms with E-state index in [2.05, 4.69) is 0 Å². The van der Waals surface area contributed by atoms with Crippen LogP contribution in [0.1, 0.15) is 25.7 Å². The molecule has 0 spiro atoms. The van der Waals surface area contributed by atoms with Gasteiger partial charge < -0.3 is 11.5 Å². The van der Waals surface area contributed by atoms with E-state index < -0.39 is 5.66 Å². The molecule has 0 aliphatic heterocycles. The maximum absolute atomic E-state index is 10.9. The summed E-state index contributed by atoms with van der Waals surface area (Å²) < 4.78 is 0. The third-order valence-corrected chi connectivity index (χ3v) is 1.76. The van der Waals surface area contributed by atoms with Crippen LogP contribution in [0.2, 0.25) is 0 Å². The molecule has 52 valence electrons. The van der Waals surface area contributed by atoms with Gasteiger partial charge in [-0.1, -0.05) is 0 Å². The summed E-state index contributed by atoms with van der Waals surface area (Å²) in [6, 6.07) is 0. The molecule has 9 heavy (non-hydrogen) atoms. The van der Waals surface area contributed by atoms with Crippen molar-refractivity contribution in [3.05, 3.63) is 0 Å². The number of rotatable bonds is 0. The molecule has 3 nitrogen and oxygen atoms in total. The molecule has 0 saturated heterocycles. The number of carbonyl (C=O) groups is 1. The summed E-state index contributed by atoms with van der Waals surface area (Å²) in [5.74, 6) is 0.00810. The van der Waals surface area contributed by atoms with Crippen molar-refractivity contribution in [3.63, 3.8) is 0 Å². The van der Waals surface area contributed by atoms with Crippen molar-refractivity contribution in [1.29, 1.82) is 0 Å². The molecule has 0 aromatic carbocycles. The quantitative estimate of drug-likeness (QED) is 0.442. The summed E-state index contributed by atoms with van der Waals surface area (Å²) in [7, 11) is 0. The van der Waals surface area contributed by atoms with E-state index in [0.717, 1.165) is 12.8 Å². The second kappa shape index (κ2) is 2.08. The van der Waals surface area contributed by atoms with Crippen molar-refractivity contribution in [3.8, 4) is 0 Å². The van der Waals surface area contributed by atoms with Gasteiger partial charge in [0.15, 0.2) is 5.78 Å². The summed E-state index contributed by atoms with van der Waals surface area (Å²) in [5.41, 5.74) is 9.90.